The van der Waals surface area contributed by atoms with Gasteiger partial charge in [-0.1, -0.05) is 17.9 Å². The van der Waals surface area contributed by atoms with Gasteiger partial charge in [-0.15, -0.1) is 0 Å². The molecule has 0 amide bonds. The molecule has 0 aromatic carbocycles. The van der Waals surface area contributed by atoms with Crippen LogP contribution in [0, 0.1) is 17.8 Å². The van der Waals surface area contributed by atoms with E-state index < -0.39 is 0 Å². The van der Waals surface area contributed by atoms with Crippen molar-refractivity contribution in [2.24, 2.45) is 10.9 Å². The smallest absolute Gasteiger partial charge is 0.151 e. The maximum atomic E-state index is 5.45. The van der Waals surface area contributed by atoms with Gasteiger partial charge in [0.1, 0.15) is 5.69 Å². The molecule has 0 atom stereocenters. The zero-order chi connectivity index (χ0) is 16.2. The van der Waals surface area contributed by atoms with Crippen LogP contribution in [0.2, 0.25) is 0 Å². The van der Waals surface area contributed by atoms with E-state index in [1.807, 2.05) is 18.2 Å². The Bertz CT molecular complexity index is 704. The molecule has 1 aliphatic carbocycles. The number of amidine groups is 1. The van der Waals surface area contributed by atoms with Crippen LogP contribution in [0.25, 0.3) is 0 Å². The van der Waals surface area contributed by atoms with E-state index in [2.05, 4.69) is 32.0 Å². The molecule has 1 saturated heterocycles. The van der Waals surface area contributed by atoms with Gasteiger partial charge in [0.25, 0.3) is 0 Å². The van der Waals surface area contributed by atoms with E-state index in [9.17, 15) is 0 Å². The van der Waals surface area contributed by atoms with Gasteiger partial charge in [-0.25, -0.2) is 0 Å². The first-order chi connectivity index (χ1) is 11.9. The Hall–Kier alpha value is -2.16. The zero-order valence-electron chi connectivity index (χ0n) is 13.8. The van der Waals surface area contributed by atoms with Gasteiger partial charge >= 0.3 is 0 Å². The van der Waals surface area contributed by atoms with Gasteiger partial charge < -0.3 is 10.1 Å². The standard InChI is InChI=1S/C19H22N4O/c1-2-8-20-17(3-1)19-21-13-16(7-6-15-4-5-15)18(22-19)14-23-9-11-24-12-10-23/h1-3,8,15H,4-5,9-14H2,(H,21,22). The number of ether oxygens (including phenoxy) is 1. The summed E-state index contributed by atoms with van der Waals surface area (Å²) in [4.78, 5) is 11.5. The van der Waals surface area contributed by atoms with Gasteiger partial charge in [-0.3, -0.25) is 14.9 Å². The van der Waals surface area contributed by atoms with Crippen LogP contribution in [-0.2, 0) is 4.74 Å². The normalized spacial score (nSPS) is 21.6. The fourth-order valence-corrected chi connectivity index (χ4v) is 2.81. The minimum atomic E-state index is 0.600. The predicted molar refractivity (Wildman–Crippen MR) is 93.6 cm³/mol. The summed E-state index contributed by atoms with van der Waals surface area (Å²) in [5.41, 5.74) is 3.17. The Morgan fingerprint density at radius 2 is 2.12 bits per heavy atom. The van der Waals surface area contributed by atoms with Crippen molar-refractivity contribution in [1.29, 1.82) is 0 Å². The van der Waals surface area contributed by atoms with E-state index in [1.165, 1.54) is 18.5 Å². The average Bonchev–Trinajstić information content (AvgIpc) is 3.47. The molecule has 5 nitrogen and oxygen atoms in total. The summed E-state index contributed by atoms with van der Waals surface area (Å²) >= 11 is 0. The van der Waals surface area contributed by atoms with Crippen molar-refractivity contribution in [3.05, 3.63) is 41.4 Å². The summed E-state index contributed by atoms with van der Waals surface area (Å²) < 4.78 is 5.45. The highest BCUT2D eigenvalue weighted by Gasteiger charge is 2.21. The Morgan fingerprint density at radius 1 is 1.25 bits per heavy atom. The SMILES string of the molecule is C(#CC1CC1)C1=C(CN2CCOCC2)NC(c2ccccn2)=NC1. The summed E-state index contributed by atoms with van der Waals surface area (Å²) in [6.45, 7) is 5.03. The maximum absolute atomic E-state index is 5.45. The lowest BCUT2D eigenvalue weighted by molar-refractivity contribution is 0.0418. The quantitative estimate of drug-likeness (QED) is 0.856. The molecule has 1 aromatic rings. The fourth-order valence-electron chi connectivity index (χ4n) is 2.81. The molecule has 0 unspecified atom stereocenters. The van der Waals surface area contributed by atoms with Crippen LogP contribution in [0.3, 0.4) is 0 Å². The molecule has 1 aromatic heterocycles. The van der Waals surface area contributed by atoms with Crippen molar-refractivity contribution in [3.63, 3.8) is 0 Å². The highest BCUT2D eigenvalue weighted by Crippen LogP contribution is 2.27. The first-order valence-corrected chi connectivity index (χ1v) is 8.65. The Labute approximate surface area is 142 Å². The average molecular weight is 322 g/mol. The number of pyridine rings is 1. The van der Waals surface area contributed by atoms with Crippen LogP contribution in [0.5, 0.6) is 0 Å². The highest BCUT2D eigenvalue weighted by atomic mass is 16.5. The van der Waals surface area contributed by atoms with Crippen molar-refractivity contribution in [1.82, 2.24) is 15.2 Å². The molecule has 1 saturated carbocycles. The van der Waals surface area contributed by atoms with Crippen LogP contribution < -0.4 is 5.32 Å². The third kappa shape index (κ3) is 3.84. The van der Waals surface area contributed by atoms with Crippen molar-refractivity contribution in [2.45, 2.75) is 12.8 Å². The maximum Gasteiger partial charge on any atom is 0.151 e. The van der Waals surface area contributed by atoms with E-state index in [0.29, 0.717) is 12.5 Å². The molecule has 24 heavy (non-hydrogen) atoms. The van der Waals surface area contributed by atoms with Gasteiger partial charge in [0.05, 0.1) is 19.8 Å². The molecular formula is C19H22N4O. The molecule has 3 aliphatic rings. The molecule has 0 bridgehead atoms. The lowest BCUT2D eigenvalue weighted by atomic mass is 10.1. The third-order valence-electron chi connectivity index (χ3n) is 4.43. The van der Waals surface area contributed by atoms with Crippen LogP contribution in [0.15, 0.2) is 40.7 Å². The second kappa shape index (κ2) is 7.16. The van der Waals surface area contributed by atoms with Crippen LogP contribution in [0.1, 0.15) is 18.5 Å². The summed E-state index contributed by atoms with van der Waals surface area (Å²) in [5.74, 6) is 8.19. The molecule has 4 rings (SSSR count). The second-order valence-corrected chi connectivity index (χ2v) is 6.39. The minimum absolute atomic E-state index is 0.600. The molecule has 5 heteroatoms. The van der Waals surface area contributed by atoms with E-state index in [0.717, 1.165) is 50.0 Å². The largest absolute Gasteiger partial charge is 0.379 e. The second-order valence-electron chi connectivity index (χ2n) is 6.39. The summed E-state index contributed by atoms with van der Waals surface area (Å²) in [6, 6.07) is 5.89. The highest BCUT2D eigenvalue weighted by molar-refractivity contribution is 5.99. The Balaban J connectivity index is 1.54. The van der Waals surface area contributed by atoms with Crippen molar-refractivity contribution < 1.29 is 4.74 Å². The van der Waals surface area contributed by atoms with Crippen LogP contribution in [0.4, 0.5) is 0 Å². The molecular weight excluding hydrogens is 300 g/mol. The number of aromatic nitrogens is 1. The predicted octanol–water partition coefficient (Wildman–Crippen LogP) is 1.43. The Morgan fingerprint density at radius 3 is 2.88 bits per heavy atom. The first kappa shape index (κ1) is 15.4. The fraction of sp³-hybridized carbons (Fsp3) is 0.474. The van der Waals surface area contributed by atoms with Gasteiger partial charge in [-0.2, -0.15) is 0 Å². The number of aliphatic imine (C=N–C) groups is 1. The number of nitrogens with one attached hydrogen (secondary N) is 1. The van der Waals surface area contributed by atoms with Crippen molar-refractivity contribution >= 4 is 5.84 Å². The third-order valence-corrected chi connectivity index (χ3v) is 4.43. The zero-order valence-corrected chi connectivity index (χ0v) is 13.8. The lowest BCUT2D eigenvalue weighted by Gasteiger charge is -2.29. The minimum Gasteiger partial charge on any atom is -0.379 e. The molecule has 2 aliphatic heterocycles. The van der Waals surface area contributed by atoms with Gasteiger partial charge in [0.15, 0.2) is 5.84 Å². The van der Waals surface area contributed by atoms with Crippen LogP contribution in [-0.4, -0.2) is 55.1 Å². The van der Waals surface area contributed by atoms with Gasteiger partial charge in [0, 0.05) is 43.0 Å². The molecule has 0 spiro atoms. The van der Waals surface area contributed by atoms with E-state index in [4.69, 9.17) is 4.74 Å². The molecule has 2 fully saturated rings. The molecule has 3 heterocycles. The van der Waals surface area contributed by atoms with E-state index in [-0.39, 0.29) is 0 Å². The van der Waals surface area contributed by atoms with Crippen molar-refractivity contribution in [2.75, 3.05) is 39.4 Å². The van der Waals surface area contributed by atoms with Crippen LogP contribution >= 0.6 is 0 Å². The topological polar surface area (TPSA) is 49.8 Å². The number of hydrogen-bond acceptors (Lipinski definition) is 5. The monoisotopic (exact) mass is 322 g/mol. The van der Waals surface area contributed by atoms with Crippen molar-refractivity contribution in [3.8, 4) is 11.8 Å². The number of hydrogen-bond donors (Lipinski definition) is 1. The molecule has 124 valence electrons. The van der Waals surface area contributed by atoms with Gasteiger partial charge in [-0.05, 0) is 25.0 Å². The number of morpholine rings is 1. The Kier molecular flexibility index (Phi) is 4.59. The first-order valence-electron chi connectivity index (χ1n) is 8.65. The van der Waals surface area contributed by atoms with E-state index >= 15 is 0 Å². The lowest BCUT2D eigenvalue weighted by Crippen LogP contribution is -2.42. The number of rotatable bonds is 3. The molecule has 1 N–H and O–H groups in total. The number of nitrogens with zero attached hydrogens (tertiary/aromatic N) is 3. The van der Waals surface area contributed by atoms with Gasteiger partial charge in [0.2, 0.25) is 0 Å². The summed E-state index contributed by atoms with van der Waals surface area (Å²) in [6.07, 6.45) is 4.29. The molecule has 0 radical (unpaired) electrons. The summed E-state index contributed by atoms with van der Waals surface area (Å²) in [5, 5.41) is 3.49. The van der Waals surface area contributed by atoms with E-state index in [1.54, 1.807) is 6.20 Å². The summed E-state index contributed by atoms with van der Waals surface area (Å²) in [7, 11) is 0.